The van der Waals surface area contributed by atoms with Crippen molar-refractivity contribution in [3.05, 3.63) is 59.7 Å². The van der Waals surface area contributed by atoms with Crippen molar-refractivity contribution < 1.29 is 9.90 Å². The summed E-state index contributed by atoms with van der Waals surface area (Å²) in [6.45, 7) is 0. The van der Waals surface area contributed by atoms with Gasteiger partial charge in [0.15, 0.2) is 5.65 Å². The van der Waals surface area contributed by atoms with E-state index in [2.05, 4.69) is 16.0 Å². The Kier molecular flexibility index (Phi) is 3.12. The Morgan fingerprint density at radius 1 is 1.08 bits per heavy atom. The quantitative estimate of drug-likeness (QED) is 0.593. The normalized spacial score (nSPS) is 10.8. The minimum Gasteiger partial charge on any atom is -0.545 e. The van der Waals surface area contributed by atoms with Gasteiger partial charge in [0.2, 0.25) is 0 Å². The fourth-order valence-electron chi connectivity index (χ4n) is 2.78. The van der Waals surface area contributed by atoms with Gasteiger partial charge in [-0.15, -0.1) is 0 Å². The third-order valence-electron chi connectivity index (χ3n) is 3.97. The Morgan fingerprint density at radius 2 is 1.72 bits per heavy atom. The number of rotatable bonds is 2. The van der Waals surface area contributed by atoms with Gasteiger partial charge in [-0.05, 0) is 29.8 Å². The van der Waals surface area contributed by atoms with Crippen molar-refractivity contribution in [1.82, 2.24) is 14.5 Å². The number of carboxylic acids is 1. The number of nitriles is 1. The van der Waals surface area contributed by atoms with Crippen LogP contribution in [0.5, 0.6) is 0 Å². The number of benzene rings is 2. The van der Waals surface area contributed by atoms with E-state index in [9.17, 15) is 15.2 Å². The van der Waals surface area contributed by atoms with Gasteiger partial charge < -0.3 is 15.6 Å². The highest BCUT2D eigenvalue weighted by Crippen LogP contribution is 2.30. The highest BCUT2D eigenvalue weighted by Gasteiger charge is 2.19. The van der Waals surface area contributed by atoms with Gasteiger partial charge in [0, 0.05) is 5.69 Å². The van der Waals surface area contributed by atoms with Crippen LogP contribution in [0.3, 0.4) is 0 Å². The maximum absolute atomic E-state index is 10.9. The van der Waals surface area contributed by atoms with Crippen LogP contribution in [0.1, 0.15) is 15.9 Å². The highest BCUT2D eigenvalue weighted by molar-refractivity contribution is 5.93. The van der Waals surface area contributed by atoms with Crippen molar-refractivity contribution in [3.63, 3.8) is 0 Å². The van der Waals surface area contributed by atoms with Crippen molar-refractivity contribution in [2.45, 2.75) is 0 Å². The lowest BCUT2D eigenvalue weighted by molar-refractivity contribution is -0.255. The first kappa shape index (κ1) is 14.7. The van der Waals surface area contributed by atoms with Crippen molar-refractivity contribution >= 4 is 34.0 Å². The summed E-state index contributed by atoms with van der Waals surface area (Å²) < 4.78 is 1.59. The minimum absolute atomic E-state index is 0.0517. The van der Waals surface area contributed by atoms with E-state index in [4.69, 9.17) is 5.73 Å². The van der Waals surface area contributed by atoms with Crippen LogP contribution in [0.25, 0.3) is 27.9 Å². The molecule has 0 bridgehead atoms. The summed E-state index contributed by atoms with van der Waals surface area (Å²) in [7, 11) is 0. The molecule has 0 saturated heterocycles. The molecule has 2 N–H and O–H groups in total. The molecule has 0 aliphatic rings. The summed E-state index contributed by atoms with van der Waals surface area (Å²) in [5.41, 5.74) is 9.20. The molecular weight excluding hydrogens is 318 g/mol. The summed E-state index contributed by atoms with van der Waals surface area (Å²) in [5.74, 6) is -1.06. The number of para-hydroxylation sites is 2. The Hall–Kier alpha value is -3.92. The molecule has 0 spiro atoms. The zero-order valence-electron chi connectivity index (χ0n) is 12.8. The number of carbonyl (C=O) groups is 1. The van der Waals surface area contributed by atoms with Gasteiger partial charge in [-0.2, -0.15) is 5.26 Å². The predicted molar refractivity (Wildman–Crippen MR) is 89.8 cm³/mol. The number of carbonyl (C=O) groups excluding carboxylic acids is 1. The molecule has 25 heavy (non-hydrogen) atoms. The van der Waals surface area contributed by atoms with Crippen LogP contribution in [-0.4, -0.2) is 20.5 Å². The van der Waals surface area contributed by atoms with Crippen LogP contribution < -0.4 is 10.8 Å². The molecule has 0 radical (unpaired) electrons. The second kappa shape index (κ2) is 5.32. The Balaban J connectivity index is 2.06. The van der Waals surface area contributed by atoms with E-state index in [0.717, 1.165) is 0 Å². The summed E-state index contributed by atoms with van der Waals surface area (Å²) in [4.78, 5) is 20.0. The molecule has 0 atom stereocenters. The predicted octanol–water partition coefficient (Wildman–Crippen LogP) is 1.39. The van der Waals surface area contributed by atoms with Crippen LogP contribution in [-0.2, 0) is 0 Å². The molecule has 4 rings (SSSR count). The summed E-state index contributed by atoms with van der Waals surface area (Å²) in [5, 5.41) is 20.4. The minimum atomic E-state index is -1.26. The van der Waals surface area contributed by atoms with Crippen LogP contribution in [0.2, 0.25) is 0 Å². The molecule has 2 aromatic heterocycles. The zero-order chi connectivity index (χ0) is 17.6. The molecule has 120 valence electrons. The first-order chi connectivity index (χ1) is 12.1. The van der Waals surface area contributed by atoms with Gasteiger partial charge in [-0.25, -0.2) is 9.97 Å². The third-order valence-corrected chi connectivity index (χ3v) is 3.97. The number of aromatic carboxylic acids is 1. The first-order valence-electron chi connectivity index (χ1n) is 7.38. The van der Waals surface area contributed by atoms with E-state index in [1.165, 1.54) is 12.1 Å². The molecule has 0 aliphatic heterocycles. The van der Waals surface area contributed by atoms with E-state index in [1.807, 2.05) is 24.3 Å². The number of hydrogen-bond donors (Lipinski definition) is 1. The first-order valence-corrected chi connectivity index (χ1v) is 7.38. The van der Waals surface area contributed by atoms with Crippen molar-refractivity contribution in [3.8, 4) is 11.8 Å². The summed E-state index contributed by atoms with van der Waals surface area (Å²) in [6, 6.07) is 15.4. The van der Waals surface area contributed by atoms with Crippen molar-refractivity contribution in [2.24, 2.45) is 0 Å². The van der Waals surface area contributed by atoms with Gasteiger partial charge in [-0.3, -0.25) is 4.57 Å². The van der Waals surface area contributed by atoms with E-state index in [-0.39, 0.29) is 16.9 Å². The molecular formula is C18H10N5O2-. The average Bonchev–Trinajstić information content (AvgIpc) is 2.90. The molecule has 7 nitrogen and oxygen atoms in total. The molecule has 2 aromatic carbocycles. The molecule has 2 heterocycles. The van der Waals surface area contributed by atoms with Crippen molar-refractivity contribution in [1.29, 1.82) is 5.26 Å². The number of nitrogens with two attached hydrogens (primary N) is 1. The lowest BCUT2D eigenvalue weighted by Crippen LogP contribution is -2.22. The molecule has 0 fully saturated rings. The molecule has 0 aliphatic carbocycles. The van der Waals surface area contributed by atoms with E-state index < -0.39 is 5.97 Å². The number of hydrogen-bond acceptors (Lipinski definition) is 6. The number of nitrogen functional groups attached to an aromatic ring is 1. The highest BCUT2D eigenvalue weighted by atomic mass is 16.4. The largest absolute Gasteiger partial charge is 0.545 e. The van der Waals surface area contributed by atoms with E-state index >= 15 is 0 Å². The molecule has 0 amide bonds. The maximum Gasteiger partial charge on any atom is 0.167 e. The fraction of sp³-hybridized carbons (Fsp3) is 0. The van der Waals surface area contributed by atoms with Crippen LogP contribution in [0.15, 0.2) is 48.5 Å². The van der Waals surface area contributed by atoms with E-state index in [0.29, 0.717) is 27.9 Å². The summed E-state index contributed by atoms with van der Waals surface area (Å²) in [6.07, 6.45) is 0. The molecule has 0 saturated carbocycles. The standard InChI is InChI=1S/C18H11N5O2/c19-9-12-15-17(22-14-4-2-1-3-13(14)21-15)23(16(12)20)11-7-5-10(6-8-11)18(24)25/h1-8H,20H2,(H,24,25)/p-1. The number of aromatic nitrogens is 3. The number of fused-ring (bicyclic) bond motifs is 2. The number of carboxylic acid groups (broad SMARTS) is 1. The maximum atomic E-state index is 10.9. The second-order valence-electron chi connectivity index (χ2n) is 5.43. The topological polar surface area (TPSA) is 121 Å². The van der Waals surface area contributed by atoms with Gasteiger partial charge >= 0.3 is 0 Å². The lowest BCUT2D eigenvalue weighted by Gasteiger charge is -2.09. The third kappa shape index (κ3) is 2.16. The Labute approximate surface area is 141 Å². The zero-order valence-corrected chi connectivity index (χ0v) is 12.8. The monoisotopic (exact) mass is 328 g/mol. The fourth-order valence-corrected chi connectivity index (χ4v) is 2.78. The van der Waals surface area contributed by atoms with Gasteiger partial charge in [0.25, 0.3) is 0 Å². The van der Waals surface area contributed by atoms with Crippen LogP contribution in [0, 0.1) is 11.3 Å². The van der Waals surface area contributed by atoms with Crippen LogP contribution >= 0.6 is 0 Å². The smallest absolute Gasteiger partial charge is 0.167 e. The average molecular weight is 328 g/mol. The lowest BCUT2D eigenvalue weighted by atomic mass is 10.2. The molecule has 4 aromatic rings. The SMILES string of the molecule is N#Cc1c(N)n(-c2ccc(C(=O)[O-])cc2)c2nc3ccccc3nc12. The molecule has 7 heteroatoms. The molecule has 0 unspecified atom stereocenters. The van der Waals surface area contributed by atoms with Gasteiger partial charge in [-0.1, -0.05) is 24.3 Å². The van der Waals surface area contributed by atoms with E-state index in [1.54, 1.807) is 16.7 Å². The van der Waals surface area contributed by atoms with Crippen LogP contribution in [0.4, 0.5) is 5.82 Å². The summed E-state index contributed by atoms with van der Waals surface area (Å²) >= 11 is 0. The Bertz CT molecular complexity index is 1190. The van der Waals surface area contributed by atoms with Gasteiger partial charge in [0.05, 0.1) is 17.0 Å². The Morgan fingerprint density at radius 3 is 2.32 bits per heavy atom. The van der Waals surface area contributed by atoms with Crippen molar-refractivity contribution in [2.75, 3.05) is 5.73 Å². The second-order valence-corrected chi connectivity index (χ2v) is 5.43. The van der Waals surface area contributed by atoms with Gasteiger partial charge in [0.1, 0.15) is 23.0 Å². The number of nitrogens with zero attached hydrogens (tertiary/aromatic N) is 4. The number of anilines is 1.